The van der Waals surface area contributed by atoms with Crippen LogP contribution in [0.1, 0.15) is 12.8 Å². The predicted octanol–water partition coefficient (Wildman–Crippen LogP) is 4.04. The molecule has 1 N–H and O–H groups in total. The number of nitrogens with one attached hydrogen (secondary N) is 1. The lowest BCUT2D eigenvalue weighted by Crippen LogP contribution is -2.43. The maximum Gasteiger partial charge on any atom is 0.243 e. The molecule has 0 radical (unpaired) electrons. The molecule has 9 heteroatoms. The van der Waals surface area contributed by atoms with Gasteiger partial charge in [-0.1, -0.05) is 23.2 Å². The van der Waals surface area contributed by atoms with Gasteiger partial charge in [-0.3, -0.25) is 4.79 Å². The maximum atomic E-state index is 13.0. The minimum atomic E-state index is -3.76. The summed E-state index contributed by atoms with van der Waals surface area (Å²) in [6.07, 6.45) is 1.22. The summed E-state index contributed by atoms with van der Waals surface area (Å²) < 4.78 is 32.4. The second-order valence-corrected chi connectivity index (χ2v) is 9.28. The van der Waals surface area contributed by atoms with Gasteiger partial charge in [-0.05, 0) is 55.3 Å². The molecular formula is C19H20Cl2N2O4S. The Morgan fingerprint density at radius 1 is 1.18 bits per heavy atom. The van der Waals surface area contributed by atoms with Gasteiger partial charge in [0.05, 0.1) is 22.9 Å². The first-order chi connectivity index (χ1) is 13.3. The molecule has 28 heavy (non-hydrogen) atoms. The van der Waals surface area contributed by atoms with Crippen molar-refractivity contribution in [3.8, 4) is 5.75 Å². The number of carbonyl (C=O) groups is 1. The quantitative estimate of drug-likeness (QED) is 0.757. The number of amides is 1. The van der Waals surface area contributed by atoms with Gasteiger partial charge in [-0.15, -0.1) is 0 Å². The van der Waals surface area contributed by atoms with E-state index in [1.165, 1.54) is 29.6 Å². The Balaban J connectivity index is 1.73. The Morgan fingerprint density at radius 2 is 1.89 bits per heavy atom. The summed E-state index contributed by atoms with van der Waals surface area (Å²) in [5.41, 5.74) is 0.622. The smallest absolute Gasteiger partial charge is 0.243 e. The van der Waals surface area contributed by atoms with E-state index in [9.17, 15) is 13.2 Å². The van der Waals surface area contributed by atoms with Crippen LogP contribution in [0.5, 0.6) is 5.75 Å². The standard InChI is InChI=1S/C19H20Cl2N2O4S/c1-27-18-9-8-16(11-17(18)21)28(25,26)23-10-2-3-13(12-23)19(24)22-15-6-4-14(20)5-7-15/h4-9,11,13H,2-3,10,12H2,1H3,(H,22,24). The fourth-order valence-corrected chi connectivity index (χ4v) is 5.11. The fraction of sp³-hybridized carbons (Fsp3) is 0.316. The number of sulfonamides is 1. The van der Waals surface area contributed by atoms with Crippen molar-refractivity contribution in [2.24, 2.45) is 5.92 Å². The molecule has 3 rings (SSSR count). The maximum absolute atomic E-state index is 13.0. The molecular weight excluding hydrogens is 423 g/mol. The number of halogens is 2. The summed E-state index contributed by atoms with van der Waals surface area (Å²) in [5.74, 6) is -0.248. The number of carbonyl (C=O) groups excluding carboxylic acids is 1. The van der Waals surface area contributed by atoms with E-state index in [0.29, 0.717) is 35.8 Å². The third kappa shape index (κ3) is 4.60. The Kier molecular flexibility index (Phi) is 6.50. The lowest BCUT2D eigenvalue weighted by atomic mass is 9.99. The largest absolute Gasteiger partial charge is 0.495 e. The summed E-state index contributed by atoms with van der Waals surface area (Å²) in [6, 6.07) is 11.1. The van der Waals surface area contributed by atoms with Gasteiger partial charge in [0.15, 0.2) is 0 Å². The second-order valence-electron chi connectivity index (χ2n) is 6.49. The van der Waals surface area contributed by atoms with Crippen LogP contribution in [0.2, 0.25) is 10.0 Å². The van der Waals surface area contributed by atoms with Gasteiger partial charge in [0.25, 0.3) is 0 Å². The van der Waals surface area contributed by atoms with E-state index in [2.05, 4.69) is 5.32 Å². The molecule has 1 unspecified atom stereocenters. The predicted molar refractivity (Wildman–Crippen MR) is 110 cm³/mol. The number of ether oxygens (including phenoxy) is 1. The van der Waals surface area contributed by atoms with Gasteiger partial charge in [0.2, 0.25) is 15.9 Å². The Bertz CT molecular complexity index is 964. The van der Waals surface area contributed by atoms with Gasteiger partial charge in [0, 0.05) is 23.8 Å². The Hall–Kier alpha value is -1.80. The highest BCUT2D eigenvalue weighted by atomic mass is 35.5. The van der Waals surface area contributed by atoms with Crippen LogP contribution in [0, 0.1) is 5.92 Å². The lowest BCUT2D eigenvalue weighted by molar-refractivity contribution is -0.120. The van der Waals surface area contributed by atoms with Crippen molar-refractivity contribution in [2.75, 3.05) is 25.5 Å². The van der Waals surface area contributed by atoms with Gasteiger partial charge in [-0.25, -0.2) is 8.42 Å². The van der Waals surface area contributed by atoms with E-state index in [-0.39, 0.29) is 22.4 Å². The first kappa shape index (κ1) is 20.9. The molecule has 2 aromatic carbocycles. The normalized spacial score (nSPS) is 17.9. The molecule has 0 aromatic heterocycles. The van der Waals surface area contributed by atoms with Crippen LogP contribution in [0.25, 0.3) is 0 Å². The molecule has 0 saturated carbocycles. The highest BCUT2D eigenvalue weighted by Gasteiger charge is 2.33. The van der Waals surface area contributed by atoms with Crippen LogP contribution in [0.15, 0.2) is 47.4 Å². The van der Waals surface area contributed by atoms with Crippen molar-refractivity contribution in [1.29, 1.82) is 0 Å². The van der Waals surface area contributed by atoms with Crippen molar-refractivity contribution in [2.45, 2.75) is 17.7 Å². The molecule has 1 amide bonds. The van der Waals surface area contributed by atoms with Crippen LogP contribution in [-0.4, -0.2) is 38.8 Å². The third-order valence-corrected chi connectivity index (χ3v) is 7.04. The van der Waals surface area contributed by atoms with Gasteiger partial charge in [-0.2, -0.15) is 4.31 Å². The Morgan fingerprint density at radius 3 is 2.54 bits per heavy atom. The van der Waals surface area contributed by atoms with Gasteiger partial charge >= 0.3 is 0 Å². The van der Waals surface area contributed by atoms with E-state index < -0.39 is 15.9 Å². The van der Waals surface area contributed by atoms with Crippen LogP contribution in [0.3, 0.4) is 0 Å². The first-order valence-electron chi connectivity index (χ1n) is 8.71. The van der Waals surface area contributed by atoms with E-state index in [1.807, 2.05) is 0 Å². The number of nitrogens with zero attached hydrogens (tertiary/aromatic N) is 1. The average molecular weight is 443 g/mol. The van der Waals surface area contributed by atoms with E-state index in [4.69, 9.17) is 27.9 Å². The van der Waals surface area contributed by atoms with E-state index in [1.54, 1.807) is 24.3 Å². The number of methoxy groups -OCH3 is 1. The Labute approximate surface area is 174 Å². The zero-order valence-electron chi connectivity index (χ0n) is 15.2. The zero-order chi connectivity index (χ0) is 20.3. The van der Waals surface area contributed by atoms with Gasteiger partial charge < -0.3 is 10.1 Å². The monoisotopic (exact) mass is 442 g/mol. The van der Waals surface area contributed by atoms with Crippen molar-refractivity contribution in [3.63, 3.8) is 0 Å². The molecule has 0 spiro atoms. The van der Waals surface area contributed by atoms with Crippen LogP contribution in [-0.2, 0) is 14.8 Å². The van der Waals surface area contributed by atoms with E-state index >= 15 is 0 Å². The third-order valence-electron chi connectivity index (χ3n) is 4.63. The van der Waals surface area contributed by atoms with Crippen molar-refractivity contribution < 1.29 is 17.9 Å². The summed E-state index contributed by atoms with van der Waals surface area (Å²) in [6.45, 7) is 0.474. The van der Waals surface area contributed by atoms with Crippen LogP contribution < -0.4 is 10.1 Å². The molecule has 1 heterocycles. The number of benzene rings is 2. The summed E-state index contributed by atoms with van der Waals surface area (Å²) in [4.78, 5) is 12.7. The molecule has 150 valence electrons. The zero-order valence-corrected chi connectivity index (χ0v) is 17.5. The average Bonchev–Trinajstić information content (AvgIpc) is 2.69. The fourth-order valence-electron chi connectivity index (χ4n) is 3.11. The van der Waals surface area contributed by atoms with Crippen LogP contribution >= 0.6 is 23.2 Å². The molecule has 6 nitrogen and oxygen atoms in total. The van der Waals surface area contributed by atoms with Gasteiger partial charge in [0.1, 0.15) is 5.75 Å². The molecule has 1 saturated heterocycles. The number of anilines is 1. The minimum absolute atomic E-state index is 0.0806. The molecule has 1 fully saturated rings. The topological polar surface area (TPSA) is 75.7 Å². The molecule has 1 aliphatic rings. The molecule has 1 atom stereocenters. The first-order valence-corrected chi connectivity index (χ1v) is 10.9. The summed E-state index contributed by atoms with van der Waals surface area (Å²) >= 11 is 11.9. The SMILES string of the molecule is COc1ccc(S(=O)(=O)N2CCCC(C(=O)Nc3ccc(Cl)cc3)C2)cc1Cl. The minimum Gasteiger partial charge on any atom is -0.495 e. The lowest BCUT2D eigenvalue weighted by Gasteiger charge is -2.31. The second kappa shape index (κ2) is 8.69. The highest BCUT2D eigenvalue weighted by Crippen LogP contribution is 2.30. The number of rotatable bonds is 5. The van der Waals surface area contributed by atoms with Crippen molar-refractivity contribution in [3.05, 3.63) is 52.5 Å². The summed E-state index contributed by atoms with van der Waals surface area (Å²) in [7, 11) is -2.30. The molecule has 0 aliphatic carbocycles. The number of hydrogen-bond donors (Lipinski definition) is 1. The molecule has 2 aromatic rings. The van der Waals surface area contributed by atoms with Crippen LogP contribution in [0.4, 0.5) is 5.69 Å². The number of piperidine rings is 1. The van der Waals surface area contributed by atoms with Crippen molar-refractivity contribution in [1.82, 2.24) is 4.31 Å². The van der Waals surface area contributed by atoms with E-state index in [0.717, 1.165) is 0 Å². The highest BCUT2D eigenvalue weighted by molar-refractivity contribution is 7.89. The molecule has 0 bridgehead atoms. The number of hydrogen-bond acceptors (Lipinski definition) is 4. The van der Waals surface area contributed by atoms with Crippen molar-refractivity contribution >= 4 is 44.8 Å². The molecule has 1 aliphatic heterocycles. The summed E-state index contributed by atoms with van der Waals surface area (Å²) in [5, 5.41) is 3.61.